The molecule has 0 aliphatic carbocycles. The Bertz CT molecular complexity index is 301. The molecule has 0 spiro atoms. The standard InChI is InChI=1S/C6H4Cl2O2S/c7-4-1-2-6(11(9)10)5(8)3-4/h1-3H,(H,9,10). The van der Waals surface area contributed by atoms with Gasteiger partial charge in [-0.05, 0) is 18.2 Å². The molecule has 0 heterocycles. The molecule has 0 bridgehead atoms. The van der Waals surface area contributed by atoms with E-state index in [0.29, 0.717) is 5.02 Å². The second-order valence-corrected chi connectivity index (χ2v) is 3.61. The lowest BCUT2D eigenvalue weighted by molar-refractivity contribution is 0.564. The van der Waals surface area contributed by atoms with Gasteiger partial charge in [-0.1, -0.05) is 23.2 Å². The third-order valence-corrected chi connectivity index (χ3v) is 2.47. The highest BCUT2D eigenvalue weighted by atomic mass is 35.5. The topological polar surface area (TPSA) is 37.3 Å². The van der Waals surface area contributed by atoms with Gasteiger partial charge in [-0.25, -0.2) is 4.21 Å². The Labute approximate surface area is 76.4 Å². The quantitative estimate of drug-likeness (QED) is 0.724. The van der Waals surface area contributed by atoms with Crippen LogP contribution < -0.4 is 0 Å². The Balaban J connectivity index is 3.20. The summed E-state index contributed by atoms with van der Waals surface area (Å²) in [4.78, 5) is 0.177. The average molecular weight is 211 g/mol. The van der Waals surface area contributed by atoms with Gasteiger partial charge in [0.2, 0.25) is 0 Å². The highest BCUT2D eigenvalue weighted by molar-refractivity contribution is 7.79. The summed E-state index contributed by atoms with van der Waals surface area (Å²) in [6.07, 6.45) is 0. The van der Waals surface area contributed by atoms with E-state index in [-0.39, 0.29) is 9.92 Å². The highest BCUT2D eigenvalue weighted by Crippen LogP contribution is 2.22. The van der Waals surface area contributed by atoms with Crippen molar-refractivity contribution in [3.05, 3.63) is 28.2 Å². The summed E-state index contributed by atoms with van der Waals surface area (Å²) in [5.41, 5.74) is 0. The van der Waals surface area contributed by atoms with E-state index in [1.54, 1.807) is 0 Å². The normalized spacial score (nSPS) is 13.0. The van der Waals surface area contributed by atoms with Crippen LogP contribution in [0.25, 0.3) is 0 Å². The fourth-order valence-electron chi connectivity index (χ4n) is 0.617. The molecule has 0 aromatic heterocycles. The van der Waals surface area contributed by atoms with Gasteiger partial charge in [-0.2, -0.15) is 0 Å². The van der Waals surface area contributed by atoms with Crippen molar-refractivity contribution >= 4 is 34.3 Å². The monoisotopic (exact) mass is 210 g/mol. The Hall–Kier alpha value is -0.0900. The molecule has 60 valence electrons. The van der Waals surface area contributed by atoms with E-state index >= 15 is 0 Å². The van der Waals surface area contributed by atoms with Gasteiger partial charge >= 0.3 is 0 Å². The minimum absolute atomic E-state index is 0.177. The van der Waals surface area contributed by atoms with Crippen molar-refractivity contribution < 1.29 is 8.76 Å². The lowest BCUT2D eigenvalue weighted by Crippen LogP contribution is -1.88. The van der Waals surface area contributed by atoms with E-state index in [1.165, 1.54) is 18.2 Å². The first-order valence-corrected chi connectivity index (χ1v) is 4.53. The van der Waals surface area contributed by atoms with Gasteiger partial charge in [0.1, 0.15) is 0 Å². The molecule has 1 rings (SSSR count). The zero-order chi connectivity index (χ0) is 8.43. The van der Waals surface area contributed by atoms with Crippen LogP contribution in [0.2, 0.25) is 10.0 Å². The van der Waals surface area contributed by atoms with Crippen LogP contribution in [0.3, 0.4) is 0 Å². The SMILES string of the molecule is O=S(O)c1ccc(Cl)cc1Cl. The van der Waals surface area contributed by atoms with Gasteiger partial charge in [-0.15, -0.1) is 0 Å². The first kappa shape index (κ1) is 9.00. The van der Waals surface area contributed by atoms with Crippen molar-refractivity contribution in [3.8, 4) is 0 Å². The third-order valence-electron chi connectivity index (χ3n) is 1.08. The number of hydrogen-bond donors (Lipinski definition) is 1. The van der Waals surface area contributed by atoms with Crippen molar-refractivity contribution in [3.63, 3.8) is 0 Å². The van der Waals surface area contributed by atoms with E-state index in [1.807, 2.05) is 0 Å². The van der Waals surface area contributed by atoms with Crippen molar-refractivity contribution in [2.24, 2.45) is 0 Å². The molecule has 1 N–H and O–H groups in total. The molecular formula is C6H4Cl2O2S. The summed E-state index contributed by atoms with van der Waals surface area (Å²) >= 11 is 9.10. The zero-order valence-corrected chi connectivity index (χ0v) is 7.58. The predicted octanol–water partition coefficient (Wildman–Crippen LogP) is 2.57. The largest absolute Gasteiger partial charge is 0.302 e. The Kier molecular flexibility index (Phi) is 2.90. The molecule has 5 heteroatoms. The van der Waals surface area contributed by atoms with Gasteiger partial charge in [0, 0.05) is 5.02 Å². The van der Waals surface area contributed by atoms with Crippen LogP contribution in [-0.4, -0.2) is 8.76 Å². The summed E-state index contributed by atoms with van der Waals surface area (Å²) < 4.78 is 19.2. The summed E-state index contributed by atoms with van der Waals surface area (Å²) in [6.45, 7) is 0. The molecule has 2 nitrogen and oxygen atoms in total. The minimum atomic E-state index is -2.04. The summed E-state index contributed by atoms with van der Waals surface area (Å²) in [5, 5.41) is 0.655. The fraction of sp³-hybridized carbons (Fsp3) is 0. The molecule has 1 aromatic carbocycles. The number of benzene rings is 1. The Morgan fingerprint density at radius 3 is 2.45 bits per heavy atom. The first-order chi connectivity index (χ1) is 5.11. The first-order valence-electron chi connectivity index (χ1n) is 2.67. The molecule has 0 aliphatic heterocycles. The average Bonchev–Trinajstić information content (AvgIpc) is 1.85. The maximum Gasteiger partial charge on any atom is 0.188 e. The van der Waals surface area contributed by atoms with Crippen molar-refractivity contribution in [2.45, 2.75) is 4.90 Å². The van der Waals surface area contributed by atoms with Crippen molar-refractivity contribution in [1.29, 1.82) is 0 Å². The Morgan fingerprint density at radius 2 is 2.00 bits per heavy atom. The van der Waals surface area contributed by atoms with Gasteiger partial charge in [0.15, 0.2) is 11.1 Å². The Morgan fingerprint density at radius 1 is 1.36 bits per heavy atom. The predicted molar refractivity (Wildman–Crippen MR) is 45.5 cm³/mol. The van der Waals surface area contributed by atoms with Crippen molar-refractivity contribution in [2.75, 3.05) is 0 Å². The summed E-state index contributed by atoms with van der Waals surface area (Å²) in [7, 11) is 0. The smallest absolute Gasteiger partial charge is 0.188 e. The number of hydrogen-bond acceptors (Lipinski definition) is 1. The molecule has 0 saturated carbocycles. The van der Waals surface area contributed by atoms with E-state index in [4.69, 9.17) is 27.8 Å². The molecule has 1 aromatic rings. The second kappa shape index (κ2) is 3.54. The number of halogens is 2. The van der Waals surface area contributed by atoms with Crippen LogP contribution in [0.4, 0.5) is 0 Å². The van der Waals surface area contributed by atoms with Crippen LogP contribution in [0.15, 0.2) is 23.1 Å². The van der Waals surface area contributed by atoms with E-state index in [9.17, 15) is 4.21 Å². The fourth-order valence-corrected chi connectivity index (χ4v) is 1.63. The minimum Gasteiger partial charge on any atom is -0.302 e. The molecule has 0 fully saturated rings. The molecule has 0 amide bonds. The molecule has 0 saturated heterocycles. The van der Waals surface area contributed by atoms with Crippen LogP contribution in [0.5, 0.6) is 0 Å². The van der Waals surface area contributed by atoms with Gasteiger partial charge in [-0.3, -0.25) is 0 Å². The van der Waals surface area contributed by atoms with E-state index < -0.39 is 11.1 Å². The summed E-state index contributed by atoms with van der Waals surface area (Å²) in [6, 6.07) is 4.35. The molecule has 0 radical (unpaired) electrons. The maximum atomic E-state index is 10.5. The lowest BCUT2D eigenvalue weighted by Gasteiger charge is -1.97. The van der Waals surface area contributed by atoms with Crippen LogP contribution in [-0.2, 0) is 11.1 Å². The van der Waals surface area contributed by atoms with Crippen LogP contribution in [0.1, 0.15) is 0 Å². The highest BCUT2D eigenvalue weighted by Gasteiger charge is 2.05. The van der Waals surface area contributed by atoms with Crippen LogP contribution in [0, 0.1) is 0 Å². The van der Waals surface area contributed by atoms with Gasteiger partial charge < -0.3 is 4.55 Å². The molecule has 1 unspecified atom stereocenters. The molecule has 11 heavy (non-hydrogen) atoms. The molecule has 0 aliphatic rings. The maximum absolute atomic E-state index is 10.5. The molecular weight excluding hydrogens is 207 g/mol. The van der Waals surface area contributed by atoms with Gasteiger partial charge in [0.25, 0.3) is 0 Å². The van der Waals surface area contributed by atoms with Gasteiger partial charge in [0.05, 0.1) is 9.92 Å². The van der Waals surface area contributed by atoms with E-state index in [2.05, 4.69) is 0 Å². The van der Waals surface area contributed by atoms with Crippen LogP contribution >= 0.6 is 23.2 Å². The third kappa shape index (κ3) is 2.17. The van der Waals surface area contributed by atoms with E-state index in [0.717, 1.165) is 0 Å². The summed E-state index contributed by atoms with van der Waals surface area (Å²) in [5.74, 6) is 0. The molecule has 1 atom stereocenters. The lowest BCUT2D eigenvalue weighted by atomic mass is 10.4. The van der Waals surface area contributed by atoms with Crippen molar-refractivity contribution in [1.82, 2.24) is 0 Å². The second-order valence-electron chi connectivity index (χ2n) is 1.82. The number of rotatable bonds is 1. The zero-order valence-electron chi connectivity index (χ0n) is 5.25.